The van der Waals surface area contributed by atoms with Crippen LogP contribution in [0.2, 0.25) is 0 Å². The van der Waals surface area contributed by atoms with Gasteiger partial charge in [0.25, 0.3) is 0 Å². The van der Waals surface area contributed by atoms with Crippen LogP contribution in [-0.4, -0.2) is 27.5 Å². The van der Waals surface area contributed by atoms with E-state index in [1.165, 1.54) is 24.5 Å². The highest BCUT2D eigenvalue weighted by atomic mass is 16.4. The zero-order chi connectivity index (χ0) is 12.7. The van der Waals surface area contributed by atoms with Gasteiger partial charge in [0.15, 0.2) is 11.5 Å². The summed E-state index contributed by atoms with van der Waals surface area (Å²) in [6, 6.07) is 2.95. The van der Waals surface area contributed by atoms with Crippen molar-refractivity contribution in [1.29, 1.82) is 0 Å². The van der Waals surface area contributed by atoms with Crippen LogP contribution in [0.4, 0.5) is 0 Å². The molecule has 90 valence electrons. The van der Waals surface area contributed by atoms with Gasteiger partial charge in [0.05, 0.1) is 0 Å². The lowest BCUT2D eigenvalue weighted by Gasteiger charge is -2.02. The Bertz CT molecular complexity index is 427. The smallest absolute Gasteiger partial charge is 0.218 e. The number of oxime groups is 1. The maximum Gasteiger partial charge on any atom is 0.218 e. The van der Waals surface area contributed by atoms with Crippen molar-refractivity contribution >= 4 is 17.3 Å². The van der Waals surface area contributed by atoms with E-state index in [4.69, 9.17) is 5.21 Å². The highest BCUT2D eigenvalue weighted by Gasteiger charge is 2.21. The Morgan fingerprint density at radius 3 is 2.53 bits per heavy atom. The molecule has 0 aliphatic heterocycles. The first kappa shape index (κ1) is 13.0. The lowest BCUT2D eigenvalue weighted by Crippen LogP contribution is -2.24. The van der Waals surface area contributed by atoms with Crippen molar-refractivity contribution < 1.29 is 14.8 Å². The van der Waals surface area contributed by atoms with Gasteiger partial charge in [-0.05, 0) is 18.6 Å². The number of Topliss-reactive ketones (excluding diaryl/α,β-unsaturated/α-hetero) is 2. The van der Waals surface area contributed by atoms with Crippen molar-refractivity contribution in [3.8, 4) is 0 Å². The molecule has 1 N–H and O–H groups in total. The average Bonchev–Trinajstić information content (AvgIpc) is 2.38. The highest BCUT2D eigenvalue weighted by molar-refractivity contribution is 6.69. The monoisotopic (exact) mass is 234 g/mol. The second-order valence-electron chi connectivity index (χ2n) is 3.54. The van der Waals surface area contributed by atoms with Crippen LogP contribution in [0.5, 0.6) is 0 Å². The van der Waals surface area contributed by atoms with Crippen molar-refractivity contribution in [2.24, 2.45) is 5.16 Å². The van der Waals surface area contributed by atoms with E-state index in [2.05, 4.69) is 10.1 Å². The minimum absolute atomic E-state index is 0.215. The second kappa shape index (κ2) is 6.52. The van der Waals surface area contributed by atoms with Gasteiger partial charge in [-0.15, -0.1) is 0 Å². The normalized spacial score (nSPS) is 11.2. The number of hydrogen-bond donors (Lipinski definition) is 1. The van der Waals surface area contributed by atoms with Crippen LogP contribution in [-0.2, 0) is 4.79 Å². The molecule has 0 spiro atoms. The van der Waals surface area contributed by atoms with Crippen LogP contribution >= 0.6 is 0 Å². The summed E-state index contributed by atoms with van der Waals surface area (Å²) in [7, 11) is 0. The van der Waals surface area contributed by atoms with Crippen LogP contribution in [0.15, 0.2) is 29.7 Å². The zero-order valence-electron chi connectivity index (χ0n) is 9.59. The molecule has 0 aliphatic rings. The molecule has 1 rings (SSSR count). The second-order valence-corrected chi connectivity index (χ2v) is 3.54. The van der Waals surface area contributed by atoms with Gasteiger partial charge in [0, 0.05) is 24.4 Å². The summed E-state index contributed by atoms with van der Waals surface area (Å²) in [6.45, 7) is 1.94. The van der Waals surface area contributed by atoms with E-state index in [0.29, 0.717) is 6.42 Å². The van der Waals surface area contributed by atoms with E-state index in [-0.39, 0.29) is 12.0 Å². The molecule has 0 aliphatic carbocycles. The Morgan fingerprint density at radius 2 is 2.00 bits per heavy atom. The topological polar surface area (TPSA) is 79.6 Å². The molecule has 5 nitrogen and oxygen atoms in total. The van der Waals surface area contributed by atoms with Crippen LogP contribution in [0.1, 0.15) is 36.5 Å². The number of rotatable bonds is 6. The zero-order valence-corrected chi connectivity index (χ0v) is 9.59. The first-order valence-electron chi connectivity index (χ1n) is 5.40. The van der Waals surface area contributed by atoms with E-state index in [9.17, 15) is 9.59 Å². The third kappa shape index (κ3) is 3.48. The van der Waals surface area contributed by atoms with Crippen LogP contribution in [0.3, 0.4) is 0 Å². The number of carbonyl (C=O) groups is 2. The Balaban J connectivity index is 2.83. The summed E-state index contributed by atoms with van der Waals surface area (Å²) in [5, 5.41) is 11.6. The van der Waals surface area contributed by atoms with Crippen LogP contribution < -0.4 is 0 Å². The minimum atomic E-state index is -0.573. The van der Waals surface area contributed by atoms with Gasteiger partial charge >= 0.3 is 0 Å². The summed E-state index contributed by atoms with van der Waals surface area (Å²) >= 11 is 0. The molecule has 1 heterocycles. The van der Waals surface area contributed by atoms with Crippen LogP contribution in [0, 0.1) is 0 Å². The van der Waals surface area contributed by atoms with E-state index in [0.717, 1.165) is 6.42 Å². The summed E-state index contributed by atoms with van der Waals surface area (Å²) < 4.78 is 0. The Labute approximate surface area is 99.2 Å². The molecule has 0 aromatic carbocycles. The molecule has 5 heteroatoms. The van der Waals surface area contributed by atoms with E-state index < -0.39 is 17.3 Å². The largest absolute Gasteiger partial charge is 0.410 e. The predicted octanol–water partition coefficient (Wildman–Crippen LogP) is 1.85. The van der Waals surface area contributed by atoms with Gasteiger partial charge in [0.2, 0.25) is 5.78 Å². The third-order valence-corrected chi connectivity index (χ3v) is 2.28. The van der Waals surface area contributed by atoms with Gasteiger partial charge in [-0.2, -0.15) is 0 Å². The van der Waals surface area contributed by atoms with Gasteiger partial charge in [-0.1, -0.05) is 18.5 Å². The van der Waals surface area contributed by atoms with Gasteiger partial charge in [-0.25, -0.2) is 0 Å². The predicted molar refractivity (Wildman–Crippen MR) is 62.3 cm³/mol. The molecule has 0 atom stereocenters. The SMILES string of the molecule is CCCCC(=O)C(=NO)C(=O)c1ccncc1. The Morgan fingerprint density at radius 1 is 1.35 bits per heavy atom. The molecule has 0 fully saturated rings. The van der Waals surface area contributed by atoms with Crippen LogP contribution in [0.25, 0.3) is 0 Å². The van der Waals surface area contributed by atoms with Gasteiger partial charge in [0.1, 0.15) is 0 Å². The lowest BCUT2D eigenvalue weighted by molar-refractivity contribution is -0.113. The average molecular weight is 234 g/mol. The molecule has 1 aromatic heterocycles. The minimum Gasteiger partial charge on any atom is -0.410 e. The molecule has 0 amide bonds. The fourth-order valence-corrected chi connectivity index (χ4v) is 1.32. The lowest BCUT2D eigenvalue weighted by atomic mass is 10.0. The number of ketones is 2. The molecule has 1 aromatic rings. The highest BCUT2D eigenvalue weighted by Crippen LogP contribution is 2.04. The maximum absolute atomic E-state index is 11.8. The maximum atomic E-state index is 11.8. The fraction of sp³-hybridized carbons (Fsp3) is 0.333. The van der Waals surface area contributed by atoms with Crippen molar-refractivity contribution in [3.63, 3.8) is 0 Å². The molecule has 0 unspecified atom stereocenters. The number of aromatic nitrogens is 1. The summed E-state index contributed by atoms with van der Waals surface area (Å²) in [5.41, 5.74) is -0.123. The van der Waals surface area contributed by atoms with Crippen molar-refractivity contribution in [3.05, 3.63) is 30.1 Å². The summed E-state index contributed by atoms with van der Waals surface area (Å²) in [4.78, 5) is 27.2. The number of carbonyl (C=O) groups excluding carboxylic acids is 2. The van der Waals surface area contributed by atoms with E-state index >= 15 is 0 Å². The van der Waals surface area contributed by atoms with E-state index in [1.807, 2.05) is 6.92 Å². The third-order valence-electron chi connectivity index (χ3n) is 2.28. The van der Waals surface area contributed by atoms with Crippen molar-refractivity contribution in [1.82, 2.24) is 4.98 Å². The molecule has 0 bridgehead atoms. The number of pyridine rings is 1. The van der Waals surface area contributed by atoms with Gasteiger partial charge in [-0.3, -0.25) is 14.6 Å². The van der Waals surface area contributed by atoms with Crippen molar-refractivity contribution in [2.75, 3.05) is 0 Å². The van der Waals surface area contributed by atoms with E-state index in [1.54, 1.807) is 0 Å². The standard InChI is InChI=1S/C12H14N2O3/c1-2-3-4-10(15)11(14-17)12(16)9-5-7-13-8-6-9/h5-8,17H,2-4H2,1H3. The fourth-order valence-electron chi connectivity index (χ4n) is 1.32. The molecule has 17 heavy (non-hydrogen) atoms. The Kier molecular flexibility index (Phi) is 5.00. The number of hydrogen-bond acceptors (Lipinski definition) is 5. The quantitative estimate of drug-likeness (QED) is 0.268. The first-order chi connectivity index (χ1) is 8.20. The Hall–Kier alpha value is -2.04. The molecule has 0 saturated carbocycles. The summed E-state index contributed by atoms with van der Waals surface area (Å²) in [6.07, 6.45) is 4.61. The number of unbranched alkanes of at least 4 members (excludes halogenated alkanes) is 1. The molecule has 0 saturated heterocycles. The van der Waals surface area contributed by atoms with Crippen molar-refractivity contribution in [2.45, 2.75) is 26.2 Å². The summed E-state index contributed by atoms with van der Waals surface area (Å²) in [5.74, 6) is -1.01. The molecule has 0 radical (unpaired) electrons. The first-order valence-corrected chi connectivity index (χ1v) is 5.40. The number of nitrogens with zero attached hydrogens (tertiary/aromatic N) is 2. The van der Waals surface area contributed by atoms with Gasteiger partial charge < -0.3 is 5.21 Å². The molecular formula is C12H14N2O3. The molecular weight excluding hydrogens is 220 g/mol.